The van der Waals surface area contributed by atoms with E-state index in [2.05, 4.69) is 15.6 Å². The molecular formula is C26H20F3N3O3S. The van der Waals surface area contributed by atoms with Gasteiger partial charge >= 0.3 is 0 Å². The predicted molar refractivity (Wildman–Crippen MR) is 131 cm³/mol. The Kier molecular flexibility index (Phi) is 7.07. The molecule has 184 valence electrons. The van der Waals surface area contributed by atoms with E-state index in [0.717, 1.165) is 23.5 Å². The summed E-state index contributed by atoms with van der Waals surface area (Å²) in [6.07, 6.45) is 0. The third kappa shape index (κ3) is 5.89. The first-order valence-corrected chi connectivity index (χ1v) is 11.5. The molecule has 0 radical (unpaired) electrons. The maximum absolute atomic E-state index is 13.4. The van der Waals surface area contributed by atoms with Gasteiger partial charge in [-0.05, 0) is 86.6 Å². The van der Waals surface area contributed by atoms with Gasteiger partial charge in [-0.25, -0.2) is 18.2 Å². The van der Waals surface area contributed by atoms with Crippen LogP contribution in [-0.4, -0.2) is 22.3 Å². The molecule has 2 amide bonds. The zero-order chi connectivity index (χ0) is 25.9. The SMILES string of the molecule is CC(C)(NC(=O)c1ccc(F)cc1)C(=O)Nc1nc(-c2ccc(F)cc2)c(Oc2ccc(F)cc2)s1. The Morgan fingerprint density at radius 2 is 1.36 bits per heavy atom. The number of benzene rings is 3. The fraction of sp³-hybridized carbons (Fsp3) is 0.115. The molecule has 4 aromatic rings. The van der Waals surface area contributed by atoms with Gasteiger partial charge in [-0.3, -0.25) is 14.9 Å². The van der Waals surface area contributed by atoms with Crippen LogP contribution in [0.3, 0.4) is 0 Å². The van der Waals surface area contributed by atoms with E-state index in [1.165, 1.54) is 74.5 Å². The van der Waals surface area contributed by atoms with Crippen molar-refractivity contribution in [2.75, 3.05) is 5.32 Å². The van der Waals surface area contributed by atoms with Crippen LogP contribution in [0.1, 0.15) is 24.2 Å². The van der Waals surface area contributed by atoms with Crippen LogP contribution in [0, 0.1) is 17.5 Å². The Morgan fingerprint density at radius 3 is 1.94 bits per heavy atom. The van der Waals surface area contributed by atoms with E-state index < -0.39 is 34.8 Å². The molecule has 0 unspecified atom stereocenters. The molecular weight excluding hydrogens is 491 g/mol. The Morgan fingerprint density at radius 1 is 0.833 bits per heavy atom. The highest BCUT2D eigenvalue weighted by Gasteiger charge is 2.31. The molecule has 0 atom stereocenters. The largest absolute Gasteiger partial charge is 0.444 e. The Bertz CT molecular complexity index is 1390. The maximum atomic E-state index is 13.4. The van der Waals surface area contributed by atoms with Crippen LogP contribution in [-0.2, 0) is 4.79 Å². The first kappa shape index (κ1) is 24.9. The van der Waals surface area contributed by atoms with Gasteiger partial charge < -0.3 is 10.1 Å². The normalized spacial score (nSPS) is 11.1. The smallest absolute Gasteiger partial charge is 0.252 e. The van der Waals surface area contributed by atoms with Crippen LogP contribution in [0.25, 0.3) is 11.3 Å². The number of thiazole rings is 1. The summed E-state index contributed by atoms with van der Waals surface area (Å²) in [6, 6.07) is 15.8. The molecule has 0 spiro atoms. The second-order valence-electron chi connectivity index (χ2n) is 8.26. The van der Waals surface area contributed by atoms with Gasteiger partial charge in [0.2, 0.25) is 5.06 Å². The average Bonchev–Trinajstić information content (AvgIpc) is 3.23. The fourth-order valence-corrected chi connectivity index (χ4v) is 3.95. The number of amides is 2. The predicted octanol–water partition coefficient (Wildman–Crippen LogP) is 6.17. The summed E-state index contributed by atoms with van der Waals surface area (Å²) in [4.78, 5) is 30.0. The van der Waals surface area contributed by atoms with Gasteiger partial charge in [0.25, 0.3) is 11.8 Å². The lowest BCUT2D eigenvalue weighted by atomic mass is 10.0. The third-order valence-corrected chi connectivity index (χ3v) is 5.91. The Hall–Kier alpha value is -4.18. The number of nitrogens with one attached hydrogen (secondary N) is 2. The van der Waals surface area contributed by atoms with Crippen LogP contribution in [0.15, 0.2) is 72.8 Å². The van der Waals surface area contributed by atoms with Crippen molar-refractivity contribution in [3.05, 3.63) is 95.8 Å². The van der Waals surface area contributed by atoms with Crippen LogP contribution >= 0.6 is 11.3 Å². The monoisotopic (exact) mass is 511 g/mol. The lowest BCUT2D eigenvalue weighted by Gasteiger charge is -2.24. The second-order valence-corrected chi connectivity index (χ2v) is 9.22. The second kappa shape index (κ2) is 10.2. The first-order valence-electron chi connectivity index (χ1n) is 10.7. The number of halogens is 3. The fourth-order valence-electron chi connectivity index (χ4n) is 3.10. The van der Waals surface area contributed by atoms with E-state index in [1.807, 2.05) is 0 Å². The molecule has 0 fully saturated rings. The minimum atomic E-state index is -1.36. The molecule has 10 heteroatoms. The van der Waals surface area contributed by atoms with E-state index in [4.69, 9.17) is 4.74 Å². The molecule has 0 saturated carbocycles. The molecule has 4 rings (SSSR count). The van der Waals surface area contributed by atoms with Crippen molar-refractivity contribution in [2.45, 2.75) is 19.4 Å². The van der Waals surface area contributed by atoms with Crippen molar-refractivity contribution in [1.82, 2.24) is 10.3 Å². The van der Waals surface area contributed by atoms with Gasteiger partial charge in [-0.1, -0.05) is 11.3 Å². The van der Waals surface area contributed by atoms with Crippen LogP contribution in [0.2, 0.25) is 0 Å². The molecule has 0 saturated heterocycles. The highest BCUT2D eigenvalue weighted by Crippen LogP contribution is 2.40. The summed E-state index contributed by atoms with van der Waals surface area (Å²) in [5.74, 6) is -2.12. The Balaban J connectivity index is 1.56. The number of rotatable bonds is 7. The van der Waals surface area contributed by atoms with Gasteiger partial charge in [0.05, 0.1) is 0 Å². The summed E-state index contributed by atoms with van der Waals surface area (Å²) in [7, 11) is 0. The van der Waals surface area contributed by atoms with E-state index in [1.54, 1.807) is 0 Å². The van der Waals surface area contributed by atoms with Gasteiger partial charge in [-0.15, -0.1) is 0 Å². The zero-order valence-electron chi connectivity index (χ0n) is 19.1. The summed E-state index contributed by atoms with van der Waals surface area (Å²) in [5.41, 5.74) is -0.285. The number of ether oxygens (including phenoxy) is 1. The molecule has 0 bridgehead atoms. The van der Waals surface area contributed by atoms with Gasteiger partial charge in [0.1, 0.15) is 34.4 Å². The number of hydrogen-bond donors (Lipinski definition) is 2. The van der Waals surface area contributed by atoms with Crippen LogP contribution in [0.5, 0.6) is 10.8 Å². The van der Waals surface area contributed by atoms with Crippen molar-refractivity contribution in [2.24, 2.45) is 0 Å². The average molecular weight is 512 g/mol. The van der Waals surface area contributed by atoms with Crippen LogP contribution < -0.4 is 15.4 Å². The molecule has 6 nitrogen and oxygen atoms in total. The van der Waals surface area contributed by atoms with Gasteiger partial charge in [-0.2, -0.15) is 0 Å². The zero-order valence-corrected chi connectivity index (χ0v) is 20.0. The molecule has 3 aromatic carbocycles. The first-order chi connectivity index (χ1) is 17.1. The number of aromatic nitrogens is 1. The maximum Gasteiger partial charge on any atom is 0.252 e. The summed E-state index contributed by atoms with van der Waals surface area (Å²) >= 11 is 1.01. The van der Waals surface area contributed by atoms with Crippen molar-refractivity contribution in [3.8, 4) is 22.1 Å². The van der Waals surface area contributed by atoms with E-state index >= 15 is 0 Å². The third-order valence-electron chi connectivity index (χ3n) is 5.06. The number of carbonyl (C=O) groups is 2. The van der Waals surface area contributed by atoms with Gasteiger partial charge in [0.15, 0.2) is 5.13 Å². The summed E-state index contributed by atoms with van der Waals surface area (Å²) in [5, 5.41) is 5.73. The number of hydrogen-bond acceptors (Lipinski definition) is 5. The number of nitrogens with zero attached hydrogens (tertiary/aromatic N) is 1. The van der Waals surface area contributed by atoms with Gasteiger partial charge in [0, 0.05) is 11.1 Å². The van der Waals surface area contributed by atoms with Crippen molar-refractivity contribution >= 4 is 28.3 Å². The molecule has 1 aromatic heterocycles. The van der Waals surface area contributed by atoms with Crippen molar-refractivity contribution in [3.63, 3.8) is 0 Å². The summed E-state index contributed by atoms with van der Waals surface area (Å²) < 4.78 is 45.8. The number of anilines is 1. The van der Waals surface area contributed by atoms with E-state index in [-0.39, 0.29) is 15.8 Å². The molecule has 0 aliphatic carbocycles. The molecule has 1 heterocycles. The lowest BCUT2D eigenvalue weighted by molar-refractivity contribution is -0.120. The van der Waals surface area contributed by atoms with Crippen LogP contribution in [0.4, 0.5) is 18.3 Å². The topological polar surface area (TPSA) is 80.3 Å². The standard InChI is InChI=1S/C26H20F3N3O3S/c1-26(2,32-22(33)16-5-9-18(28)10-6-16)24(34)31-25-30-21(15-3-7-17(27)8-4-15)23(36-25)35-20-13-11-19(29)12-14-20/h3-14H,1-2H3,(H,32,33)(H,30,31,34). The van der Waals surface area contributed by atoms with E-state index in [0.29, 0.717) is 17.0 Å². The van der Waals surface area contributed by atoms with Crippen molar-refractivity contribution in [1.29, 1.82) is 0 Å². The minimum absolute atomic E-state index is 0.167. The summed E-state index contributed by atoms with van der Waals surface area (Å²) in [6.45, 7) is 3.02. The minimum Gasteiger partial charge on any atom is -0.444 e. The quantitative estimate of drug-likeness (QED) is 0.311. The van der Waals surface area contributed by atoms with Crippen molar-refractivity contribution < 1.29 is 27.5 Å². The molecule has 0 aliphatic heterocycles. The highest BCUT2D eigenvalue weighted by molar-refractivity contribution is 7.18. The molecule has 0 aliphatic rings. The van der Waals surface area contributed by atoms with E-state index in [9.17, 15) is 22.8 Å². The molecule has 36 heavy (non-hydrogen) atoms. The Labute approximate surface area is 208 Å². The highest BCUT2D eigenvalue weighted by atomic mass is 32.1. The number of carbonyl (C=O) groups excluding carboxylic acids is 2. The lowest BCUT2D eigenvalue weighted by Crippen LogP contribution is -2.52. The molecule has 2 N–H and O–H groups in total.